The zero-order valence-corrected chi connectivity index (χ0v) is 18.9. The predicted octanol–water partition coefficient (Wildman–Crippen LogP) is 3.63. The van der Waals surface area contributed by atoms with E-state index in [4.69, 9.17) is 4.74 Å². The number of aromatic amines is 1. The highest BCUT2D eigenvalue weighted by Crippen LogP contribution is 2.32. The summed E-state index contributed by atoms with van der Waals surface area (Å²) in [5.74, 6) is -0.126. The number of pyridine rings is 1. The van der Waals surface area contributed by atoms with Crippen LogP contribution in [0.2, 0.25) is 0 Å². The van der Waals surface area contributed by atoms with Crippen molar-refractivity contribution in [1.82, 2.24) is 15.2 Å². The highest BCUT2D eigenvalue weighted by atomic mass is 19.4. The molecule has 2 aliphatic heterocycles. The Morgan fingerprint density at radius 1 is 1.19 bits per heavy atom. The van der Waals surface area contributed by atoms with E-state index < -0.39 is 17.4 Å². The molecule has 4 rings (SSSR count). The summed E-state index contributed by atoms with van der Waals surface area (Å²) in [6.07, 6.45) is 1.34. The maximum Gasteiger partial charge on any atom is 0.431 e. The molecular formula is C23H34F3N3O3. The summed E-state index contributed by atoms with van der Waals surface area (Å²) < 4.78 is 44.4. The molecule has 1 saturated heterocycles. The molecule has 0 spiro atoms. The van der Waals surface area contributed by atoms with Gasteiger partial charge in [-0.05, 0) is 50.2 Å². The zero-order chi connectivity index (χ0) is 23.3. The molecule has 2 unspecified atom stereocenters. The van der Waals surface area contributed by atoms with Gasteiger partial charge in [0, 0.05) is 49.9 Å². The SMILES string of the molecule is CCC.O=C(C1CCC(NC2CCOCC2)C1)N1CCc2c(cc(C(F)(F)F)[nH]c2=O)C1. The minimum Gasteiger partial charge on any atom is -0.381 e. The fraction of sp³-hybridized carbons (Fsp3) is 0.739. The molecule has 0 aromatic carbocycles. The molecule has 0 bridgehead atoms. The summed E-state index contributed by atoms with van der Waals surface area (Å²) in [4.78, 5) is 28.5. The molecule has 1 amide bonds. The molecule has 6 nitrogen and oxygen atoms in total. The van der Waals surface area contributed by atoms with Gasteiger partial charge >= 0.3 is 6.18 Å². The van der Waals surface area contributed by atoms with Crippen LogP contribution < -0.4 is 10.9 Å². The van der Waals surface area contributed by atoms with Crippen molar-refractivity contribution in [1.29, 1.82) is 0 Å². The Kier molecular flexibility index (Phi) is 8.38. The molecule has 2 atom stereocenters. The summed E-state index contributed by atoms with van der Waals surface area (Å²) in [7, 11) is 0. The molecule has 1 aromatic rings. The number of rotatable bonds is 3. The fourth-order valence-corrected chi connectivity index (χ4v) is 4.74. The highest BCUT2D eigenvalue weighted by Gasteiger charge is 2.37. The smallest absolute Gasteiger partial charge is 0.381 e. The van der Waals surface area contributed by atoms with Crippen molar-refractivity contribution in [3.63, 3.8) is 0 Å². The maximum absolute atomic E-state index is 13.0. The van der Waals surface area contributed by atoms with Crippen molar-refractivity contribution < 1.29 is 22.7 Å². The third-order valence-corrected chi connectivity index (χ3v) is 6.31. The first kappa shape index (κ1) is 24.8. The van der Waals surface area contributed by atoms with Crippen LogP contribution in [0.15, 0.2) is 10.9 Å². The second kappa shape index (κ2) is 10.8. The standard InChI is InChI=1S/C20H26F3N3O3.C3H8/c21-20(22,23)17-10-13-11-26(6-3-16(13)18(27)25-17)19(28)12-1-2-15(9-12)24-14-4-7-29-8-5-14;1-3-2/h10,12,14-15,24H,1-9,11H2,(H,25,27);3H2,1-2H3. The molecule has 3 aliphatic rings. The van der Waals surface area contributed by atoms with E-state index in [0.29, 0.717) is 29.8 Å². The average Bonchev–Trinajstić information content (AvgIpc) is 3.22. The summed E-state index contributed by atoms with van der Waals surface area (Å²) in [5.41, 5.74) is -1.11. The summed E-state index contributed by atoms with van der Waals surface area (Å²) >= 11 is 0. The molecule has 180 valence electrons. The van der Waals surface area contributed by atoms with Crippen LogP contribution in [-0.4, -0.2) is 47.6 Å². The van der Waals surface area contributed by atoms with Gasteiger partial charge in [0.15, 0.2) is 0 Å². The van der Waals surface area contributed by atoms with Crippen LogP contribution in [0.5, 0.6) is 0 Å². The van der Waals surface area contributed by atoms with Crippen molar-refractivity contribution >= 4 is 5.91 Å². The number of halogens is 3. The monoisotopic (exact) mass is 457 g/mol. The number of nitrogens with zero attached hydrogens (tertiary/aromatic N) is 1. The average molecular weight is 458 g/mol. The van der Waals surface area contributed by atoms with Crippen molar-refractivity contribution in [3.05, 3.63) is 33.2 Å². The normalized spacial score (nSPS) is 24.0. The molecule has 0 radical (unpaired) electrons. The van der Waals surface area contributed by atoms with Gasteiger partial charge in [0.25, 0.3) is 5.56 Å². The number of amides is 1. The lowest BCUT2D eigenvalue weighted by molar-refractivity contribution is -0.141. The maximum atomic E-state index is 13.0. The second-order valence-electron chi connectivity index (χ2n) is 8.99. The first-order chi connectivity index (χ1) is 15.2. The van der Waals surface area contributed by atoms with E-state index >= 15 is 0 Å². The molecule has 2 fully saturated rings. The molecule has 1 aromatic heterocycles. The van der Waals surface area contributed by atoms with E-state index in [1.54, 1.807) is 4.90 Å². The number of hydrogen-bond acceptors (Lipinski definition) is 4. The Hall–Kier alpha value is -1.87. The number of fused-ring (bicyclic) bond motifs is 1. The van der Waals surface area contributed by atoms with Crippen LogP contribution in [-0.2, 0) is 28.7 Å². The number of hydrogen-bond donors (Lipinski definition) is 2. The third kappa shape index (κ3) is 6.13. The van der Waals surface area contributed by atoms with E-state index in [1.165, 1.54) is 6.42 Å². The first-order valence-corrected chi connectivity index (χ1v) is 11.7. The Bertz CT molecular complexity index is 834. The Morgan fingerprint density at radius 3 is 2.53 bits per heavy atom. The van der Waals surface area contributed by atoms with Gasteiger partial charge in [-0.1, -0.05) is 20.3 Å². The summed E-state index contributed by atoms with van der Waals surface area (Å²) in [5, 5.41) is 3.63. The highest BCUT2D eigenvalue weighted by molar-refractivity contribution is 5.79. The van der Waals surface area contributed by atoms with Crippen molar-refractivity contribution in [2.75, 3.05) is 19.8 Å². The number of H-pyrrole nitrogens is 1. The largest absolute Gasteiger partial charge is 0.431 e. The number of alkyl halides is 3. The van der Waals surface area contributed by atoms with Crippen LogP contribution in [0.4, 0.5) is 13.2 Å². The van der Waals surface area contributed by atoms with Crippen molar-refractivity contribution in [3.8, 4) is 0 Å². The quantitative estimate of drug-likeness (QED) is 0.727. The zero-order valence-electron chi connectivity index (χ0n) is 18.9. The summed E-state index contributed by atoms with van der Waals surface area (Å²) in [6.45, 7) is 6.21. The van der Waals surface area contributed by atoms with Gasteiger partial charge in [-0.3, -0.25) is 9.59 Å². The third-order valence-electron chi connectivity index (χ3n) is 6.31. The van der Waals surface area contributed by atoms with Gasteiger partial charge in [-0.2, -0.15) is 13.2 Å². The van der Waals surface area contributed by atoms with Gasteiger partial charge in [-0.15, -0.1) is 0 Å². The van der Waals surface area contributed by atoms with Crippen molar-refractivity contribution in [2.24, 2.45) is 5.92 Å². The molecule has 9 heteroatoms. The van der Waals surface area contributed by atoms with E-state index in [2.05, 4.69) is 19.2 Å². The lowest BCUT2D eigenvalue weighted by Gasteiger charge is -2.31. The van der Waals surface area contributed by atoms with E-state index in [9.17, 15) is 22.8 Å². The molecule has 1 saturated carbocycles. The van der Waals surface area contributed by atoms with E-state index in [1.807, 2.05) is 4.98 Å². The van der Waals surface area contributed by atoms with Gasteiger partial charge in [-0.25, -0.2) is 0 Å². The predicted molar refractivity (Wildman–Crippen MR) is 115 cm³/mol. The molecule has 32 heavy (non-hydrogen) atoms. The van der Waals surface area contributed by atoms with Gasteiger partial charge in [0.2, 0.25) is 5.91 Å². The first-order valence-electron chi connectivity index (χ1n) is 11.7. The van der Waals surface area contributed by atoms with E-state index in [-0.39, 0.29) is 24.8 Å². The number of carbonyl (C=O) groups is 1. The minimum atomic E-state index is -4.62. The molecule has 1 aliphatic carbocycles. The number of nitrogens with one attached hydrogen (secondary N) is 2. The Labute approximate surface area is 186 Å². The van der Waals surface area contributed by atoms with Gasteiger partial charge < -0.3 is 19.9 Å². The van der Waals surface area contributed by atoms with Crippen LogP contribution in [0, 0.1) is 5.92 Å². The van der Waals surface area contributed by atoms with E-state index in [0.717, 1.165) is 51.4 Å². The van der Waals surface area contributed by atoms with Gasteiger partial charge in [0.1, 0.15) is 5.69 Å². The van der Waals surface area contributed by atoms with Crippen LogP contribution in [0.1, 0.15) is 69.2 Å². The second-order valence-corrected chi connectivity index (χ2v) is 8.99. The Balaban J connectivity index is 0.000000913. The minimum absolute atomic E-state index is 0.0132. The Morgan fingerprint density at radius 2 is 1.88 bits per heavy atom. The van der Waals surface area contributed by atoms with Crippen molar-refractivity contribution in [2.45, 2.75) is 83.6 Å². The molecular weight excluding hydrogens is 423 g/mol. The molecule has 3 heterocycles. The topological polar surface area (TPSA) is 74.4 Å². The van der Waals surface area contributed by atoms with Crippen LogP contribution in [0.25, 0.3) is 0 Å². The number of carbonyl (C=O) groups excluding carboxylic acids is 1. The number of ether oxygens (including phenoxy) is 1. The lowest BCUT2D eigenvalue weighted by Crippen LogP contribution is -2.43. The van der Waals surface area contributed by atoms with Crippen LogP contribution in [0.3, 0.4) is 0 Å². The lowest BCUT2D eigenvalue weighted by atomic mass is 9.98. The van der Waals surface area contributed by atoms with Gasteiger partial charge in [0.05, 0.1) is 0 Å². The molecule has 2 N–H and O–H groups in total. The fourth-order valence-electron chi connectivity index (χ4n) is 4.74. The van der Waals surface area contributed by atoms with Crippen LogP contribution >= 0.6 is 0 Å². The number of aromatic nitrogens is 1. The summed E-state index contributed by atoms with van der Waals surface area (Å²) in [6, 6.07) is 1.70.